The van der Waals surface area contributed by atoms with Crippen molar-refractivity contribution < 1.29 is 9.53 Å². The molecule has 122 valence electrons. The number of aromatic nitrogens is 1. The molecule has 0 amide bonds. The van der Waals surface area contributed by atoms with Gasteiger partial charge in [-0.25, -0.2) is 4.79 Å². The number of esters is 1. The second-order valence-corrected chi connectivity index (χ2v) is 5.81. The zero-order valence-electron chi connectivity index (χ0n) is 13.5. The summed E-state index contributed by atoms with van der Waals surface area (Å²) in [5.41, 5.74) is 3.74. The highest BCUT2D eigenvalue weighted by molar-refractivity contribution is 6.30. The standard InChI is InChI=1S/C19H17ClN2O2/c1-3-24-19(23)16-11-21-17-12(2)6-4-9-15(17)18(16)22-14-8-5-7-13(20)10-14/h4-11H,3H2,1-2H3,(H,21,22). The van der Waals surface area contributed by atoms with E-state index in [4.69, 9.17) is 16.3 Å². The zero-order valence-corrected chi connectivity index (χ0v) is 14.2. The van der Waals surface area contributed by atoms with E-state index in [1.165, 1.54) is 0 Å². The average molecular weight is 341 g/mol. The number of halogens is 1. The number of nitrogens with zero attached hydrogens (tertiary/aromatic N) is 1. The number of para-hydroxylation sites is 1. The molecular weight excluding hydrogens is 324 g/mol. The maximum atomic E-state index is 12.3. The first-order valence-electron chi connectivity index (χ1n) is 7.68. The lowest BCUT2D eigenvalue weighted by molar-refractivity contribution is 0.0527. The van der Waals surface area contributed by atoms with Gasteiger partial charge in [0.15, 0.2) is 0 Å². The number of rotatable bonds is 4. The molecule has 1 N–H and O–H groups in total. The topological polar surface area (TPSA) is 51.2 Å². The molecule has 0 unspecified atom stereocenters. The Labute approximate surface area is 145 Å². The van der Waals surface area contributed by atoms with E-state index in [0.717, 1.165) is 22.2 Å². The Morgan fingerprint density at radius 3 is 2.79 bits per heavy atom. The van der Waals surface area contributed by atoms with Crippen LogP contribution < -0.4 is 5.32 Å². The lowest BCUT2D eigenvalue weighted by Crippen LogP contribution is -2.09. The zero-order chi connectivity index (χ0) is 17.1. The fourth-order valence-electron chi connectivity index (χ4n) is 2.58. The summed E-state index contributed by atoms with van der Waals surface area (Å²) >= 11 is 6.06. The van der Waals surface area contributed by atoms with E-state index in [-0.39, 0.29) is 0 Å². The Kier molecular flexibility index (Phi) is 4.67. The maximum Gasteiger partial charge on any atom is 0.341 e. The monoisotopic (exact) mass is 340 g/mol. The molecule has 0 radical (unpaired) electrons. The number of hydrogen-bond donors (Lipinski definition) is 1. The largest absolute Gasteiger partial charge is 0.462 e. The molecule has 4 nitrogen and oxygen atoms in total. The Morgan fingerprint density at radius 2 is 2.04 bits per heavy atom. The lowest BCUT2D eigenvalue weighted by atomic mass is 10.1. The molecular formula is C19H17ClN2O2. The summed E-state index contributed by atoms with van der Waals surface area (Å²) in [5, 5.41) is 4.78. The van der Waals surface area contributed by atoms with E-state index in [0.29, 0.717) is 22.9 Å². The van der Waals surface area contributed by atoms with E-state index in [1.807, 2.05) is 37.3 Å². The predicted octanol–water partition coefficient (Wildman–Crippen LogP) is 5.12. The second kappa shape index (κ2) is 6.89. The second-order valence-electron chi connectivity index (χ2n) is 5.37. The van der Waals surface area contributed by atoms with Crippen molar-refractivity contribution in [2.75, 3.05) is 11.9 Å². The van der Waals surface area contributed by atoms with Gasteiger partial charge >= 0.3 is 5.97 Å². The van der Waals surface area contributed by atoms with Gasteiger partial charge in [0.05, 0.1) is 17.8 Å². The minimum atomic E-state index is -0.405. The van der Waals surface area contributed by atoms with Crippen molar-refractivity contribution in [3.63, 3.8) is 0 Å². The van der Waals surface area contributed by atoms with E-state index in [1.54, 1.807) is 25.3 Å². The van der Waals surface area contributed by atoms with Crippen molar-refractivity contribution in [1.29, 1.82) is 0 Å². The summed E-state index contributed by atoms with van der Waals surface area (Å²) in [7, 11) is 0. The van der Waals surface area contributed by atoms with E-state index < -0.39 is 5.97 Å². The molecule has 0 aliphatic carbocycles. The van der Waals surface area contributed by atoms with E-state index >= 15 is 0 Å². The number of anilines is 2. The summed E-state index contributed by atoms with van der Waals surface area (Å²) < 4.78 is 5.16. The van der Waals surface area contributed by atoms with Crippen molar-refractivity contribution in [3.05, 3.63) is 64.8 Å². The van der Waals surface area contributed by atoms with Gasteiger partial charge in [-0.05, 0) is 37.6 Å². The average Bonchev–Trinajstić information content (AvgIpc) is 2.56. The van der Waals surface area contributed by atoms with Crippen LogP contribution in [0.1, 0.15) is 22.8 Å². The van der Waals surface area contributed by atoms with Crippen LogP contribution in [0.3, 0.4) is 0 Å². The number of carbonyl (C=O) groups is 1. The van der Waals surface area contributed by atoms with E-state index in [9.17, 15) is 4.79 Å². The first kappa shape index (κ1) is 16.3. The molecule has 0 atom stereocenters. The van der Waals surface area contributed by atoms with E-state index in [2.05, 4.69) is 10.3 Å². The number of pyridine rings is 1. The van der Waals surface area contributed by atoms with Crippen LogP contribution >= 0.6 is 11.6 Å². The highest BCUT2D eigenvalue weighted by Crippen LogP contribution is 2.31. The number of hydrogen-bond acceptors (Lipinski definition) is 4. The van der Waals surface area contributed by atoms with Gasteiger partial charge in [-0.1, -0.05) is 35.9 Å². The fourth-order valence-corrected chi connectivity index (χ4v) is 2.77. The van der Waals surface area contributed by atoms with Crippen LogP contribution in [0.5, 0.6) is 0 Å². The van der Waals surface area contributed by atoms with Crippen LogP contribution in [0, 0.1) is 6.92 Å². The molecule has 0 fully saturated rings. The molecule has 0 bridgehead atoms. The number of carbonyl (C=O) groups excluding carboxylic acids is 1. The quantitative estimate of drug-likeness (QED) is 0.670. The Morgan fingerprint density at radius 1 is 1.25 bits per heavy atom. The highest BCUT2D eigenvalue weighted by atomic mass is 35.5. The molecule has 2 aromatic carbocycles. The number of nitrogens with one attached hydrogen (secondary N) is 1. The molecule has 0 aliphatic rings. The van der Waals surface area contributed by atoms with Crippen LogP contribution in [0.2, 0.25) is 5.02 Å². The number of fused-ring (bicyclic) bond motifs is 1. The van der Waals surface area contributed by atoms with Gasteiger partial charge in [0.2, 0.25) is 0 Å². The maximum absolute atomic E-state index is 12.3. The minimum absolute atomic E-state index is 0.307. The third-order valence-electron chi connectivity index (χ3n) is 3.69. The number of ether oxygens (including phenoxy) is 1. The lowest BCUT2D eigenvalue weighted by Gasteiger charge is -2.15. The molecule has 3 rings (SSSR count). The Hall–Kier alpha value is -2.59. The Balaban J connectivity index is 2.18. The SMILES string of the molecule is CCOC(=O)c1cnc2c(C)cccc2c1Nc1cccc(Cl)c1. The van der Waals surface area contributed by atoms with Gasteiger partial charge in [0, 0.05) is 22.3 Å². The van der Waals surface area contributed by atoms with Crippen molar-refractivity contribution in [2.24, 2.45) is 0 Å². The van der Waals surface area contributed by atoms with Crippen LogP contribution in [-0.4, -0.2) is 17.6 Å². The molecule has 1 aromatic heterocycles. The normalized spacial score (nSPS) is 10.6. The molecule has 0 aliphatic heterocycles. The third kappa shape index (κ3) is 3.19. The van der Waals surface area contributed by atoms with Gasteiger partial charge in [-0.15, -0.1) is 0 Å². The highest BCUT2D eigenvalue weighted by Gasteiger charge is 2.17. The van der Waals surface area contributed by atoms with Crippen LogP contribution in [0.25, 0.3) is 10.9 Å². The summed E-state index contributed by atoms with van der Waals surface area (Å²) in [6.45, 7) is 4.07. The third-order valence-corrected chi connectivity index (χ3v) is 3.92. The molecule has 1 heterocycles. The van der Waals surface area contributed by atoms with Crippen LogP contribution in [-0.2, 0) is 4.74 Å². The van der Waals surface area contributed by atoms with Crippen molar-refractivity contribution >= 4 is 39.8 Å². The summed E-state index contributed by atoms with van der Waals surface area (Å²) in [5.74, 6) is -0.405. The summed E-state index contributed by atoms with van der Waals surface area (Å²) in [6, 6.07) is 13.2. The first-order valence-corrected chi connectivity index (χ1v) is 8.06. The molecule has 24 heavy (non-hydrogen) atoms. The van der Waals surface area contributed by atoms with Crippen molar-refractivity contribution in [3.8, 4) is 0 Å². The number of benzene rings is 2. The van der Waals surface area contributed by atoms with Gasteiger partial charge in [-0.3, -0.25) is 4.98 Å². The number of aryl methyl sites for hydroxylation is 1. The first-order chi connectivity index (χ1) is 11.6. The predicted molar refractivity (Wildman–Crippen MR) is 97.2 cm³/mol. The molecule has 0 spiro atoms. The molecule has 0 saturated heterocycles. The van der Waals surface area contributed by atoms with Crippen molar-refractivity contribution in [2.45, 2.75) is 13.8 Å². The summed E-state index contributed by atoms with van der Waals surface area (Å²) in [6.07, 6.45) is 1.56. The van der Waals surface area contributed by atoms with Gasteiger partial charge < -0.3 is 10.1 Å². The van der Waals surface area contributed by atoms with Gasteiger partial charge in [0.1, 0.15) is 5.56 Å². The smallest absolute Gasteiger partial charge is 0.341 e. The molecule has 3 aromatic rings. The minimum Gasteiger partial charge on any atom is -0.462 e. The van der Waals surface area contributed by atoms with Crippen LogP contribution in [0.4, 0.5) is 11.4 Å². The summed E-state index contributed by atoms with van der Waals surface area (Å²) in [4.78, 5) is 16.8. The van der Waals surface area contributed by atoms with Gasteiger partial charge in [0.25, 0.3) is 0 Å². The van der Waals surface area contributed by atoms with Crippen LogP contribution in [0.15, 0.2) is 48.7 Å². The molecule has 0 saturated carbocycles. The Bertz CT molecular complexity index is 909. The van der Waals surface area contributed by atoms with Crippen molar-refractivity contribution in [1.82, 2.24) is 4.98 Å². The fraction of sp³-hybridized carbons (Fsp3) is 0.158. The van der Waals surface area contributed by atoms with Gasteiger partial charge in [-0.2, -0.15) is 0 Å². The molecule has 5 heteroatoms.